The summed E-state index contributed by atoms with van der Waals surface area (Å²) in [6.45, 7) is 1.42. The first-order valence-corrected chi connectivity index (χ1v) is 9.50. The zero-order valence-corrected chi connectivity index (χ0v) is 15.0. The number of phenolic OH excluding ortho intramolecular Hbond substituents is 2. The lowest BCUT2D eigenvalue weighted by atomic mass is 10.0. The Kier molecular flexibility index (Phi) is 6.07. The van der Waals surface area contributed by atoms with Gasteiger partial charge in [-0.05, 0) is 35.8 Å². The molecular weight excluding hydrogens is 352 g/mol. The van der Waals surface area contributed by atoms with Crippen LogP contribution in [0.25, 0.3) is 21.5 Å². The topological polar surface area (TPSA) is 76.0 Å². The van der Waals surface area contributed by atoms with Gasteiger partial charge < -0.3 is 19.7 Å². The molecule has 136 valence electrons. The summed E-state index contributed by atoms with van der Waals surface area (Å²) in [7, 11) is 0. The van der Waals surface area contributed by atoms with Crippen molar-refractivity contribution < 1.29 is 24.5 Å². The second-order valence-electron chi connectivity index (χ2n) is 5.74. The SMILES string of the molecule is O=COCCSCCCOc1c2ccccc2cc2c(O)c(O)ccc12. The van der Waals surface area contributed by atoms with Gasteiger partial charge >= 0.3 is 0 Å². The summed E-state index contributed by atoms with van der Waals surface area (Å²) >= 11 is 1.70. The number of ether oxygens (including phenoxy) is 2. The Morgan fingerprint density at radius 1 is 0.962 bits per heavy atom. The van der Waals surface area contributed by atoms with Crippen LogP contribution in [0.15, 0.2) is 42.5 Å². The number of thioether (sulfide) groups is 1. The van der Waals surface area contributed by atoms with E-state index in [1.807, 2.05) is 30.3 Å². The lowest BCUT2D eigenvalue weighted by Crippen LogP contribution is -2.02. The molecule has 0 fully saturated rings. The Morgan fingerprint density at radius 2 is 1.81 bits per heavy atom. The van der Waals surface area contributed by atoms with Crippen molar-refractivity contribution in [1.82, 2.24) is 0 Å². The van der Waals surface area contributed by atoms with E-state index in [9.17, 15) is 15.0 Å². The van der Waals surface area contributed by atoms with Gasteiger partial charge in [-0.3, -0.25) is 4.79 Å². The number of phenols is 2. The van der Waals surface area contributed by atoms with E-state index in [0.29, 0.717) is 30.8 Å². The molecule has 0 saturated heterocycles. The van der Waals surface area contributed by atoms with Gasteiger partial charge in [0.05, 0.1) is 6.61 Å². The first kappa shape index (κ1) is 18.2. The van der Waals surface area contributed by atoms with Gasteiger partial charge in [-0.2, -0.15) is 11.8 Å². The first-order chi connectivity index (χ1) is 12.7. The van der Waals surface area contributed by atoms with Gasteiger partial charge in [0, 0.05) is 21.9 Å². The monoisotopic (exact) mass is 372 g/mol. The standard InChI is InChI=1S/C20H20O5S/c21-13-24-9-11-26-10-3-8-25-20-15-5-2-1-4-14(15)12-17-16(20)6-7-18(22)19(17)23/h1-2,4-7,12-13,22-23H,3,8-11H2. The molecule has 0 spiro atoms. The molecule has 0 unspecified atom stereocenters. The van der Waals surface area contributed by atoms with Gasteiger partial charge in [0.1, 0.15) is 12.4 Å². The van der Waals surface area contributed by atoms with Crippen LogP contribution < -0.4 is 4.74 Å². The molecule has 0 bridgehead atoms. The van der Waals surface area contributed by atoms with Crippen molar-refractivity contribution >= 4 is 39.8 Å². The van der Waals surface area contributed by atoms with Gasteiger partial charge in [-0.1, -0.05) is 24.3 Å². The number of aromatic hydroxyl groups is 2. The molecule has 3 rings (SSSR count). The van der Waals surface area contributed by atoms with Crippen molar-refractivity contribution in [1.29, 1.82) is 0 Å². The molecular formula is C20H20O5S. The molecule has 0 radical (unpaired) electrons. The molecule has 26 heavy (non-hydrogen) atoms. The van der Waals surface area contributed by atoms with Gasteiger partial charge in [0.15, 0.2) is 11.5 Å². The van der Waals surface area contributed by atoms with E-state index in [0.717, 1.165) is 34.1 Å². The first-order valence-electron chi connectivity index (χ1n) is 8.34. The Balaban J connectivity index is 1.77. The molecule has 0 amide bonds. The third kappa shape index (κ3) is 3.96. The second-order valence-corrected chi connectivity index (χ2v) is 6.96. The zero-order valence-electron chi connectivity index (χ0n) is 14.2. The number of hydrogen-bond acceptors (Lipinski definition) is 6. The fourth-order valence-corrected chi connectivity index (χ4v) is 3.56. The fraction of sp³-hybridized carbons (Fsp3) is 0.250. The van der Waals surface area contributed by atoms with Gasteiger partial charge in [0.2, 0.25) is 0 Å². The average Bonchev–Trinajstić information content (AvgIpc) is 2.66. The minimum Gasteiger partial charge on any atom is -0.504 e. The van der Waals surface area contributed by atoms with Gasteiger partial charge in [-0.15, -0.1) is 0 Å². The highest BCUT2D eigenvalue weighted by molar-refractivity contribution is 7.99. The minimum absolute atomic E-state index is 0.135. The van der Waals surface area contributed by atoms with Crippen molar-refractivity contribution in [2.45, 2.75) is 6.42 Å². The molecule has 0 saturated carbocycles. The third-order valence-corrected chi connectivity index (χ3v) is 5.07. The lowest BCUT2D eigenvalue weighted by Gasteiger charge is -2.14. The summed E-state index contributed by atoms with van der Waals surface area (Å²) in [5, 5.41) is 23.2. The molecule has 0 aliphatic carbocycles. The second kappa shape index (κ2) is 8.67. The van der Waals surface area contributed by atoms with E-state index >= 15 is 0 Å². The molecule has 3 aromatic rings. The largest absolute Gasteiger partial charge is 0.504 e. The van der Waals surface area contributed by atoms with E-state index in [1.54, 1.807) is 17.8 Å². The lowest BCUT2D eigenvalue weighted by molar-refractivity contribution is -0.128. The number of benzene rings is 3. The van der Waals surface area contributed by atoms with Crippen molar-refractivity contribution in [3.05, 3.63) is 42.5 Å². The number of carbonyl (C=O) groups is 1. The molecule has 0 aliphatic heterocycles. The van der Waals surface area contributed by atoms with Crippen LogP contribution in [0.3, 0.4) is 0 Å². The zero-order chi connectivity index (χ0) is 18.4. The highest BCUT2D eigenvalue weighted by Crippen LogP contribution is 2.42. The highest BCUT2D eigenvalue weighted by atomic mass is 32.2. The Hall–Kier alpha value is -2.60. The molecule has 0 heterocycles. The Morgan fingerprint density at radius 3 is 2.65 bits per heavy atom. The van der Waals surface area contributed by atoms with Gasteiger partial charge in [-0.25, -0.2) is 0 Å². The molecule has 6 heteroatoms. The smallest absolute Gasteiger partial charge is 0.293 e. The maximum atomic E-state index is 10.2. The molecule has 0 aliphatic rings. The van der Waals surface area contributed by atoms with Crippen LogP contribution in [0.1, 0.15) is 6.42 Å². The van der Waals surface area contributed by atoms with Crippen molar-refractivity contribution in [3.8, 4) is 17.2 Å². The maximum absolute atomic E-state index is 10.2. The van der Waals surface area contributed by atoms with Crippen LogP contribution >= 0.6 is 11.8 Å². The summed E-state index contributed by atoms with van der Waals surface area (Å²) < 4.78 is 10.7. The minimum atomic E-state index is -0.146. The van der Waals surface area contributed by atoms with Crippen molar-refractivity contribution in [2.75, 3.05) is 24.7 Å². The van der Waals surface area contributed by atoms with Crippen LogP contribution in [-0.4, -0.2) is 41.4 Å². The van der Waals surface area contributed by atoms with Crippen LogP contribution in [0.4, 0.5) is 0 Å². The fourth-order valence-electron chi connectivity index (χ4n) is 2.82. The summed E-state index contributed by atoms with van der Waals surface area (Å²) in [6.07, 6.45) is 0.848. The molecule has 3 aromatic carbocycles. The van der Waals surface area contributed by atoms with E-state index in [2.05, 4.69) is 4.74 Å². The third-order valence-electron chi connectivity index (χ3n) is 4.04. The summed E-state index contributed by atoms with van der Waals surface area (Å²) in [6, 6.07) is 12.9. The van der Waals surface area contributed by atoms with E-state index in [4.69, 9.17) is 4.74 Å². The summed E-state index contributed by atoms with van der Waals surface area (Å²) in [5.41, 5.74) is 0. The Bertz CT molecular complexity index is 909. The molecule has 0 aromatic heterocycles. The Labute approximate surface area is 155 Å². The van der Waals surface area contributed by atoms with Crippen LogP contribution in [0.5, 0.6) is 17.2 Å². The van der Waals surface area contributed by atoms with Crippen molar-refractivity contribution in [3.63, 3.8) is 0 Å². The number of fused-ring (bicyclic) bond motifs is 2. The normalized spacial score (nSPS) is 10.9. The highest BCUT2D eigenvalue weighted by Gasteiger charge is 2.13. The predicted molar refractivity (Wildman–Crippen MR) is 104 cm³/mol. The van der Waals surface area contributed by atoms with E-state index < -0.39 is 0 Å². The van der Waals surface area contributed by atoms with E-state index in [1.165, 1.54) is 6.07 Å². The molecule has 2 N–H and O–H groups in total. The molecule has 5 nitrogen and oxygen atoms in total. The summed E-state index contributed by atoms with van der Waals surface area (Å²) in [5.74, 6) is 2.10. The maximum Gasteiger partial charge on any atom is 0.293 e. The molecule has 0 atom stereocenters. The number of carbonyl (C=O) groups excluding carboxylic acids is 1. The summed E-state index contributed by atoms with van der Waals surface area (Å²) in [4.78, 5) is 10.1. The van der Waals surface area contributed by atoms with Crippen LogP contribution in [-0.2, 0) is 9.53 Å². The van der Waals surface area contributed by atoms with Crippen molar-refractivity contribution in [2.24, 2.45) is 0 Å². The number of rotatable bonds is 9. The average molecular weight is 372 g/mol. The predicted octanol–water partition coefficient (Wildman–Crippen LogP) is 4.08. The van der Waals surface area contributed by atoms with E-state index in [-0.39, 0.29) is 11.5 Å². The quantitative estimate of drug-likeness (QED) is 0.255. The van der Waals surface area contributed by atoms with Crippen LogP contribution in [0, 0.1) is 0 Å². The van der Waals surface area contributed by atoms with Gasteiger partial charge in [0.25, 0.3) is 6.47 Å². The number of hydrogen-bond donors (Lipinski definition) is 2. The van der Waals surface area contributed by atoms with Crippen LogP contribution in [0.2, 0.25) is 0 Å².